The first kappa shape index (κ1) is 13.3. The summed E-state index contributed by atoms with van der Waals surface area (Å²) in [6.45, 7) is 0. The minimum atomic E-state index is -1.21. The van der Waals surface area contributed by atoms with Gasteiger partial charge < -0.3 is 14.8 Å². The zero-order valence-corrected chi connectivity index (χ0v) is 10.9. The third-order valence-electron chi connectivity index (χ3n) is 2.27. The predicted octanol–water partition coefficient (Wildman–Crippen LogP) is 3.13. The van der Waals surface area contributed by atoms with Crippen molar-refractivity contribution in [2.75, 3.05) is 5.32 Å². The van der Waals surface area contributed by atoms with Crippen LogP contribution in [0.2, 0.25) is 0 Å². The van der Waals surface area contributed by atoms with Crippen LogP contribution in [0.15, 0.2) is 39.4 Å². The average Bonchev–Trinajstić information content (AvgIpc) is 2.83. The van der Waals surface area contributed by atoms with Crippen LogP contribution in [0.3, 0.4) is 0 Å². The van der Waals surface area contributed by atoms with Crippen molar-refractivity contribution in [3.8, 4) is 0 Å². The molecule has 0 aliphatic heterocycles. The van der Waals surface area contributed by atoms with E-state index >= 15 is 0 Å². The van der Waals surface area contributed by atoms with E-state index in [2.05, 4.69) is 21.2 Å². The monoisotopic (exact) mass is 327 g/mol. The molecule has 1 heterocycles. The summed E-state index contributed by atoms with van der Waals surface area (Å²) >= 11 is 3.10. The number of anilines is 1. The van der Waals surface area contributed by atoms with Gasteiger partial charge in [-0.2, -0.15) is 0 Å². The standard InChI is InChI=1S/C12H7BrFNO4/c13-7-2-1-3-8(14)10(7)15-11(16)9-4-6(5-19-9)12(17)18/h1-5H,(H,15,16)(H,17,18). The first-order valence-electron chi connectivity index (χ1n) is 5.06. The van der Waals surface area contributed by atoms with Gasteiger partial charge >= 0.3 is 5.97 Å². The molecule has 0 spiro atoms. The largest absolute Gasteiger partial charge is 0.478 e. The molecule has 7 heteroatoms. The van der Waals surface area contributed by atoms with Crippen LogP contribution in [-0.2, 0) is 0 Å². The topological polar surface area (TPSA) is 79.5 Å². The third-order valence-corrected chi connectivity index (χ3v) is 2.93. The number of furan rings is 1. The van der Waals surface area contributed by atoms with Gasteiger partial charge in [-0.15, -0.1) is 0 Å². The van der Waals surface area contributed by atoms with Gasteiger partial charge in [0.05, 0.1) is 11.3 Å². The Hall–Kier alpha value is -2.15. The summed E-state index contributed by atoms with van der Waals surface area (Å²) < 4.78 is 18.7. The Balaban J connectivity index is 2.23. The zero-order chi connectivity index (χ0) is 14.0. The molecule has 0 fully saturated rings. The summed E-state index contributed by atoms with van der Waals surface area (Å²) in [5, 5.41) is 11.0. The number of carbonyl (C=O) groups excluding carboxylic acids is 1. The molecule has 98 valence electrons. The molecule has 0 saturated heterocycles. The van der Waals surface area contributed by atoms with E-state index in [4.69, 9.17) is 9.52 Å². The Morgan fingerprint density at radius 2 is 2.11 bits per heavy atom. The summed E-state index contributed by atoms with van der Waals surface area (Å²) in [4.78, 5) is 22.4. The fourth-order valence-electron chi connectivity index (χ4n) is 1.36. The maximum absolute atomic E-state index is 13.5. The summed E-state index contributed by atoms with van der Waals surface area (Å²) in [5.41, 5.74) is -0.196. The molecule has 0 bridgehead atoms. The Kier molecular flexibility index (Phi) is 3.66. The molecule has 0 aliphatic rings. The van der Waals surface area contributed by atoms with Crippen LogP contribution in [0.1, 0.15) is 20.9 Å². The number of rotatable bonds is 3. The van der Waals surface area contributed by atoms with Gasteiger partial charge in [0.15, 0.2) is 5.76 Å². The maximum atomic E-state index is 13.5. The number of hydrogen-bond acceptors (Lipinski definition) is 3. The van der Waals surface area contributed by atoms with E-state index in [0.29, 0.717) is 4.47 Å². The first-order chi connectivity index (χ1) is 8.99. The lowest BCUT2D eigenvalue weighted by Crippen LogP contribution is -2.12. The molecular weight excluding hydrogens is 321 g/mol. The summed E-state index contributed by atoms with van der Waals surface area (Å²) in [6.07, 6.45) is 0.938. The van der Waals surface area contributed by atoms with Gasteiger partial charge in [0.1, 0.15) is 12.1 Å². The van der Waals surface area contributed by atoms with Gasteiger partial charge in [0.25, 0.3) is 5.91 Å². The quantitative estimate of drug-likeness (QED) is 0.907. The Morgan fingerprint density at radius 3 is 2.68 bits per heavy atom. The van der Waals surface area contributed by atoms with E-state index in [0.717, 1.165) is 12.3 Å². The molecule has 1 aromatic carbocycles. The molecule has 1 aromatic heterocycles. The molecule has 5 nitrogen and oxygen atoms in total. The number of nitrogens with one attached hydrogen (secondary N) is 1. The highest BCUT2D eigenvalue weighted by atomic mass is 79.9. The molecule has 1 amide bonds. The molecule has 2 N–H and O–H groups in total. The Bertz CT molecular complexity index is 633. The number of halogens is 2. The number of para-hydroxylation sites is 1. The SMILES string of the molecule is O=C(O)c1coc(C(=O)Nc2c(F)cccc2Br)c1. The number of hydrogen-bond donors (Lipinski definition) is 2. The minimum absolute atomic E-state index is 0.0409. The molecule has 0 aliphatic carbocycles. The van der Waals surface area contributed by atoms with E-state index in [1.165, 1.54) is 12.1 Å². The van der Waals surface area contributed by atoms with Crippen molar-refractivity contribution in [1.29, 1.82) is 0 Å². The van der Waals surface area contributed by atoms with Gasteiger partial charge in [-0.05, 0) is 28.1 Å². The Morgan fingerprint density at radius 1 is 1.37 bits per heavy atom. The van der Waals surface area contributed by atoms with Crippen LogP contribution < -0.4 is 5.32 Å². The Labute approximate surface area is 115 Å². The molecule has 19 heavy (non-hydrogen) atoms. The van der Waals surface area contributed by atoms with Crippen molar-refractivity contribution in [2.24, 2.45) is 0 Å². The van der Waals surface area contributed by atoms with Crippen molar-refractivity contribution in [3.63, 3.8) is 0 Å². The smallest absolute Gasteiger partial charge is 0.338 e. The summed E-state index contributed by atoms with van der Waals surface area (Å²) in [7, 11) is 0. The van der Waals surface area contributed by atoms with Crippen LogP contribution in [0.4, 0.5) is 10.1 Å². The van der Waals surface area contributed by atoms with E-state index < -0.39 is 17.7 Å². The third kappa shape index (κ3) is 2.82. The second-order valence-corrected chi connectivity index (χ2v) is 4.41. The highest BCUT2D eigenvalue weighted by Gasteiger charge is 2.17. The zero-order valence-electron chi connectivity index (χ0n) is 9.31. The number of aromatic carboxylic acids is 1. The van der Waals surface area contributed by atoms with Crippen molar-refractivity contribution >= 4 is 33.5 Å². The van der Waals surface area contributed by atoms with Gasteiger partial charge in [-0.3, -0.25) is 4.79 Å². The maximum Gasteiger partial charge on any atom is 0.338 e. The minimum Gasteiger partial charge on any atom is -0.478 e. The van der Waals surface area contributed by atoms with Gasteiger partial charge in [0.2, 0.25) is 0 Å². The van der Waals surface area contributed by atoms with Crippen LogP contribution in [0, 0.1) is 5.82 Å². The first-order valence-corrected chi connectivity index (χ1v) is 5.85. The molecule has 0 atom stereocenters. The van der Waals surface area contributed by atoms with Crippen LogP contribution in [0.25, 0.3) is 0 Å². The fraction of sp³-hybridized carbons (Fsp3) is 0. The lowest BCUT2D eigenvalue weighted by Gasteiger charge is -2.06. The number of carboxylic acid groups (broad SMARTS) is 1. The predicted molar refractivity (Wildman–Crippen MR) is 67.7 cm³/mol. The van der Waals surface area contributed by atoms with Crippen LogP contribution in [0.5, 0.6) is 0 Å². The van der Waals surface area contributed by atoms with Gasteiger partial charge in [-0.25, -0.2) is 9.18 Å². The number of carboxylic acids is 1. The lowest BCUT2D eigenvalue weighted by atomic mass is 10.2. The van der Waals surface area contributed by atoms with Gasteiger partial charge in [0, 0.05) is 10.5 Å². The number of amides is 1. The molecule has 2 rings (SSSR count). The molecule has 2 aromatic rings. The fourth-order valence-corrected chi connectivity index (χ4v) is 1.80. The number of benzene rings is 1. The van der Waals surface area contributed by atoms with Crippen molar-refractivity contribution < 1.29 is 23.5 Å². The van der Waals surface area contributed by atoms with E-state index in [-0.39, 0.29) is 17.0 Å². The van der Waals surface area contributed by atoms with E-state index in [1.807, 2.05) is 0 Å². The summed E-state index contributed by atoms with van der Waals surface area (Å²) in [5.74, 6) is -2.78. The van der Waals surface area contributed by atoms with Crippen molar-refractivity contribution in [1.82, 2.24) is 0 Å². The molecule has 0 unspecified atom stereocenters. The van der Waals surface area contributed by atoms with E-state index in [9.17, 15) is 14.0 Å². The second-order valence-electron chi connectivity index (χ2n) is 3.56. The van der Waals surface area contributed by atoms with Crippen molar-refractivity contribution in [2.45, 2.75) is 0 Å². The molecule has 0 saturated carbocycles. The van der Waals surface area contributed by atoms with Crippen molar-refractivity contribution in [3.05, 3.63) is 52.1 Å². The van der Waals surface area contributed by atoms with E-state index in [1.54, 1.807) is 6.07 Å². The average molecular weight is 328 g/mol. The highest BCUT2D eigenvalue weighted by molar-refractivity contribution is 9.10. The highest BCUT2D eigenvalue weighted by Crippen LogP contribution is 2.25. The van der Waals surface area contributed by atoms with Crippen LogP contribution >= 0.6 is 15.9 Å². The lowest BCUT2D eigenvalue weighted by molar-refractivity contribution is 0.0696. The molecule has 0 radical (unpaired) electrons. The van der Waals surface area contributed by atoms with Gasteiger partial charge in [-0.1, -0.05) is 6.07 Å². The van der Waals surface area contributed by atoms with Crippen LogP contribution in [-0.4, -0.2) is 17.0 Å². The number of carbonyl (C=O) groups is 2. The normalized spacial score (nSPS) is 10.2. The summed E-state index contributed by atoms with van der Waals surface area (Å²) in [6, 6.07) is 5.28. The second kappa shape index (κ2) is 5.23. The molecular formula is C12H7BrFNO4.